The summed E-state index contributed by atoms with van der Waals surface area (Å²) in [7, 11) is 0. The van der Waals surface area contributed by atoms with E-state index in [1.54, 1.807) is 6.07 Å². The number of hydrogen-bond donors (Lipinski definition) is 0. The molecule has 0 radical (unpaired) electrons. The number of Topliss-reactive ketones (excluding diaryl/α,β-unsaturated/α-hetero) is 1. The lowest BCUT2D eigenvalue weighted by atomic mass is 9.96. The summed E-state index contributed by atoms with van der Waals surface area (Å²) < 4.78 is 39.5. The number of carbonyl (C=O) groups excluding carboxylic acids is 5. The molecule has 0 amide bonds. The van der Waals surface area contributed by atoms with Crippen molar-refractivity contribution in [3.8, 4) is 11.5 Å². The number of ketones is 1. The van der Waals surface area contributed by atoms with Crippen molar-refractivity contribution >= 4 is 29.7 Å². The largest absolute Gasteiger partial charge is 0.484 e. The zero-order chi connectivity index (χ0) is 29.7. The van der Waals surface area contributed by atoms with E-state index in [4.69, 9.17) is 33.2 Å². The van der Waals surface area contributed by atoms with Crippen LogP contribution in [-0.2, 0) is 42.9 Å². The summed E-state index contributed by atoms with van der Waals surface area (Å²) in [6.45, 7) is 4.19. The van der Waals surface area contributed by atoms with Crippen molar-refractivity contribution in [1.82, 2.24) is 0 Å². The van der Waals surface area contributed by atoms with Crippen LogP contribution >= 0.6 is 0 Å². The van der Waals surface area contributed by atoms with E-state index in [0.717, 1.165) is 26.3 Å². The fourth-order valence-electron chi connectivity index (χ4n) is 4.65. The van der Waals surface area contributed by atoms with E-state index in [0.29, 0.717) is 5.56 Å². The summed E-state index contributed by atoms with van der Waals surface area (Å²) in [5, 5.41) is 0. The van der Waals surface area contributed by atoms with E-state index >= 15 is 0 Å². The number of ether oxygens (including phenoxy) is 7. The van der Waals surface area contributed by atoms with Crippen molar-refractivity contribution in [2.24, 2.45) is 0 Å². The Balaban J connectivity index is 1.66. The first-order valence-electron chi connectivity index (χ1n) is 12.9. The monoisotopic (exact) mass is 570 g/mol. The molecule has 0 bridgehead atoms. The van der Waals surface area contributed by atoms with Gasteiger partial charge < -0.3 is 33.2 Å². The SMILES string of the molecule is CC(=O)OC[C@H]1O[C@@H](Oc2ccc3c(c2)O[C@@H](c2ccccc2)CC3=O)[C@H](OC(C)=O)[C@@H](OC(C)=O)[C@@H]1OC(C)=O. The number of rotatable bonds is 8. The maximum absolute atomic E-state index is 12.8. The second-order valence-corrected chi connectivity index (χ2v) is 9.49. The van der Waals surface area contributed by atoms with Gasteiger partial charge in [-0.05, 0) is 17.7 Å². The minimum absolute atomic E-state index is 0.112. The van der Waals surface area contributed by atoms with Crippen molar-refractivity contribution in [1.29, 1.82) is 0 Å². The summed E-state index contributed by atoms with van der Waals surface area (Å²) >= 11 is 0. The van der Waals surface area contributed by atoms with E-state index in [1.807, 2.05) is 30.3 Å². The Morgan fingerprint density at radius 1 is 0.805 bits per heavy atom. The molecule has 2 aromatic carbocycles. The Labute approximate surface area is 235 Å². The van der Waals surface area contributed by atoms with Crippen LogP contribution in [0, 0.1) is 0 Å². The van der Waals surface area contributed by atoms with Crippen LogP contribution in [0.3, 0.4) is 0 Å². The molecule has 2 heterocycles. The Morgan fingerprint density at radius 2 is 1.44 bits per heavy atom. The Morgan fingerprint density at radius 3 is 2.07 bits per heavy atom. The molecule has 0 unspecified atom stereocenters. The first-order chi connectivity index (χ1) is 19.5. The van der Waals surface area contributed by atoms with Crippen molar-refractivity contribution in [2.45, 2.75) is 70.9 Å². The number of fused-ring (bicyclic) bond motifs is 1. The van der Waals surface area contributed by atoms with E-state index in [-0.39, 0.29) is 23.7 Å². The molecule has 1 fully saturated rings. The molecule has 12 heteroatoms. The minimum atomic E-state index is -1.42. The molecule has 218 valence electrons. The highest BCUT2D eigenvalue weighted by Gasteiger charge is 2.53. The highest BCUT2D eigenvalue weighted by molar-refractivity contribution is 6.00. The second-order valence-electron chi connectivity index (χ2n) is 9.49. The van der Waals surface area contributed by atoms with Gasteiger partial charge in [0.15, 0.2) is 18.0 Å². The van der Waals surface area contributed by atoms with Crippen LogP contribution in [0.15, 0.2) is 48.5 Å². The second kappa shape index (κ2) is 12.8. The average Bonchev–Trinajstić information content (AvgIpc) is 2.90. The Hall–Kier alpha value is -4.45. The zero-order valence-corrected chi connectivity index (χ0v) is 22.9. The number of benzene rings is 2. The summed E-state index contributed by atoms with van der Waals surface area (Å²) in [4.78, 5) is 60.4. The van der Waals surface area contributed by atoms with E-state index in [1.165, 1.54) is 19.1 Å². The normalized spacial score (nSPS) is 25.1. The molecule has 0 aliphatic carbocycles. The molecule has 2 aromatic rings. The lowest BCUT2D eigenvalue weighted by Crippen LogP contribution is -2.63. The standard InChI is InChI=1S/C29H30O12/c1-15(30)35-14-25-26(36-16(2)31)27(37-17(3)32)28(38-18(4)33)29(41-25)39-20-10-11-21-22(34)13-23(40-24(21)12-20)19-8-6-5-7-9-19/h5-12,23,25-29H,13-14H2,1-4H3/t23-,25-,26-,27+,28-,29-/m1/s1. The molecule has 0 N–H and O–H groups in total. The third-order valence-electron chi connectivity index (χ3n) is 6.27. The molecule has 0 aromatic heterocycles. The van der Waals surface area contributed by atoms with Gasteiger partial charge in [0.2, 0.25) is 12.4 Å². The van der Waals surface area contributed by atoms with Gasteiger partial charge in [-0.3, -0.25) is 24.0 Å². The first kappa shape index (κ1) is 29.5. The van der Waals surface area contributed by atoms with Crippen LogP contribution < -0.4 is 9.47 Å². The van der Waals surface area contributed by atoms with Gasteiger partial charge in [-0.1, -0.05) is 30.3 Å². The van der Waals surface area contributed by atoms with Crippen LogP contribution in [0.25, 0.3) is 0 Å². The third kappa shape index (κ3) is 7.40. The van der Waals surface area contributed by atoms with Gasteiger partial charge in [0.25, 0.3) is 0 Å². The fourth-order valence-corrected chi connectivity index (χ4v) is 4.65. The van der Waals surface area contributed by atoms with Gasteiger partial charge in [-0.25, -0.2) is 0 Å². The maximum Gasteiger partial charge on any atom is 0.303 e. The molecule has 41 heavy (non-hydrogen) atoms. The van der Waals surface area contributed by atoms with E-state index < -0.39 is 67.3 Å². The Kier molecular flexibility index (Phi) is 9.23. The number of hydrogen-bond acceptors (Lipinski definition) is 12. The fraction of sp³-hybridized carbons (Fsp3) is 0.414. The molecular weight excluding hydrogens is 540 g/mol. The number of carbonyl (C=O) groups is 5. The molecular formula is C29H30O12. The van der Waals surface area contributed by atoms with Crippen molar-refractivity contribution in [3.05, 3.63) is 59.7 Å². The van der Waals surface area contributed by atoms with Gasteiger partial charge >= 0.3 is 23.9 Å². The van der Waals surface area contributed by atoms with Crippen LogP contribution in [0.1, 0.15) is 56.1 Å². The first-order valence-corrected chi connectivity index (χ1v) is 12.9. The lowest BCUT2D eigenvalue weighted by Gasteiger charge is -2.44. The van der Waals surface area contributed by atoms with E-state index in [2.05, 4.69) is 0 Å². The highest BCUT2D eigenvalue weighted by Crippen LogP contribution is 2.38. The predicted molar refractivity (Wildman–Crippen MR) is 138 cm³/mol. The summed E-state index contributed by atoms with van der Waals surface area (Å²) in [5.41, 5.74) is 1.20. The van der Waals surface area contributed by atoms with Crippen molar-refractivity contribution in [2.75, 3.05) is 6.61 Å². The van der Waals surface area contributed by atoms with Crippen LogP contribution in [0.2, 0.25) is 0 Å². The molecule has 12 nitrogen and oxygen atoms in total. The smallest absolute Gasteiger partial charge is 0.303 e. The van der Waals surface area contributed by atoms with Gasteiger partial charge in [0, 0.05) is 33.8 Å². The lowest BCUT2D eigenvalue weighted by molar-refractivity contribution is -0.288. The maximum atomic E-state index is 12.8. The number of esters is 4. The summed E-state index contributed by atoms with van der Waals surface area (Å²) in [6, 6.07) is 13.8. The minimum Gasteiger partial charge on any atom is -0.484 e. The molecule has 4 rings (SSSR count). The average molecular weight is 571 g/mol. The zero-order valence-electron chi connectivity index (χ0n) is 22.9. The van der Waals surface area contributed by atoms with Gasteiger partial charge in [-0.2, -0.15) is 0 Å². The van der Waals surface area contributed by atoms with Crippen molar-refractivity contribution < 1.29 is 57.1 Å². The topological polar surface area (TPSA) is 150 Å². The van der Waals surface area contributed by atoms with Crippen molar-refractivity contribution in [3.63, 3.8) is 0 Å². The van der Waals surface area contributed by atoms with Crippen LogP contribution in [-0.4, -0.2) is 67.0 Å². The summed E-state index contributed by atoms with van der Waals surface area (Å²) in [5.74, 6) is -2.56. The van der Waals surface area contributed by atoms with Crippen LogP contribution in [0.5, 0.6) is 11.5 Å². The van der Waals surface area contributed by atoms with Gasteiger partial charge in [0.1, 0.15) is 30.3 Å². The van der Waals surface area contributed by atoms with Gasteiger partial charge in [-0.15, -0.1) is 0 Å². The molecule has 0 saturated carbocycles. The summed E-state index contributed by atoms with van der Waals surface area (Å²) in [6.07, 6.45) is -7.01. The molecule has 2 aliphatic heterocycles. The molecule has 2 aliphatic rings. The quantitative estimate of drug-likeness (QED) is 0.339. The third-order valence-corrected chi connectivity index (χ3v) is 6.27. The molecule has 6 atom stereocenters. The highest BCUT2D eigenvalue weighted by atomic mass is 16.7. The van der Waals surface area contributed by atoms with Crippen LogP contribution in [0.4, 0.5) is 0 Å². The molecule has 1 saturated heterocycles. The molecule has 0 spiro atoms. The predicted octanol–water partition coefficient (Wildman–Crippen LogP) is 2.86. The van der Waals surface area contributed by atoms with Gasteiger partial charge in [0.05, 0.1) is 12.0 Å². The Bertz CT molecular complexity index is 1310. The van der Waals surface area contributed by atoms with E-state index in [9.17, 15) is 24.0 Å².